The van der Waals surface area contributed by atoms with Crippen molar-refractivity contribution in [3.8, 4) is 5.69 Å². The Kier molecular flexibility index (Phi) is 6.52. The number of likely N-dealkylation sites (tertiary alicyclic amines) is 2. The fourth-order valence-corrected chi connectivity index (χ4v) is 6.83. The lowest BCUT2D eigenvalue weighted by Crippen LogP contribution is -2.50. The topological polar surface area (TPSA) is 106 Å². The van der Waals surface area contributed by atoms with Crippen LogP contribution in [0.5, 0.6) is 0 Å². The molecule has 3 aliphatic heterocycles. The number of aliphatic hydroxyl groups is 1. The lowest BCUT2D eigenvalue weighted by Gasteiger charge is -2.38. The molecule has 3 aromatic rings. The Morgan fingerprint density at radius 3 is 2.50 bits per heavy atom. The smallest absolute Gasteiger partial charge is 0.264 e. The minimum absolute atomic E-state index is 0.158. The Morgan fingerprint density at radius 1 is 1.02 bits per heavy atom. The highest BCUT2D eigenvalue weighted by Gasteiger charge is 2.40. The molecule has 2 aromatic heterocycles. The summed E-state index contributed by atoms with van der Waals surface area (Å²) in [4.78, 5) is 34.7. The van der Waals surface area contributed by atoms with Gasteiger partial charge in [-0.05, 0) is 74.6 Å². The van der Waals surface area contributed by atoms with Crippen molar-refractivity contribution >= 4 is 16.9 Å². The van der Waals surface area contributed by atoms with Gasteiger partial charge in [-0.1, -0.05) is 12.1 Å². The van der Waals surface area contributed by atoms with Crippen molar-refractivity contribution in [3.63, 3.8) is 0 Å². The van der Waals surface area contributed by atoms with Gasteiger partial charge in [-0.15, -0.1) is 0 Å². The summed E-state index contributed by atoms with van der Waals surface area (Å²) in [7, 11) is 0. The molecule has 7 rings (SSSR count). The Hall–Kier alpha value is -3.08. The van der Waals surface area contributed by atoms with Gasteiger partial charge in [0.15, 0.2) is 5.65 Å². The van der Waals surface area contributed by atoms with Crippen LogP contribution in [-0.2, 0) is 22.6 Å². The van der Waals surface area contributed by atoms with Crippen LogP contribution in [0.1, 0.15) is 50.5 Å². The van der Waals surface area contributed by atoms with E-state index in [-0.39, 0.29) is 23.9 Å². The van der Waals surface area contributed by atoms with Crippen LogP contribution in [0.3, 0.4) is 0 Å². The van der Waals surface area contributed by atoms with Gasteiger partial charge in [0, 0.05) is 45.3 Å². The maximum Gasteiger partial charge on any atom is 0.264 e. The van der Waals surface area contributed by atoms with Gasteiger partial charge in [0.05, 0.1) is 24.0 Å². The zero-order valence-electron chi connectivity index (χ0n) is 23.0. The first-order chi connectivity index (χ1) is 19.4. The van der Waals surface area contributed by atoms with Crippen LogP contribution >= 0.6 is 0 Å². The molecule has 0 unspecified atom stereocenters. The largest absolute Gasteiger partial charge is 0.388 e. The molecular weight excluding hydrogens is 508 g/mol. The third-order valence-corrected chi connectivity index (χ3v) is 9.61. The third-order valence-electron chi connectivity index (χ3n) is 9.61. The summed E-state index contributed by atoms with van der Waals surface area (Å²) in [6, 6.07) is 8.34. The summed E-state index contributed by atoms with van der Waals surface area (Å²) in [5.74, 6) is 0.394. The van der Waals surface area contributed by atoms with E-state index in [4.69, 9.17) is 4.74 Å². The lowest BCUT2D eigenvalue weighted by atomic mass is 9.80. The monoisotopic (exact) mass is 546 g/mol. The predicted octanol–water partition coefficient (Wildman–Crippen LogP) is 2.35. The number of ether oxygens (including phenoxy) is 1. The van der Waals surface area contributed by atoms with Gasteiger partial charge < -0.3 is 14.7 Å². The van der Waals surface area contributed by atoms with Crippen molar-refractivity contribution in [2.75, 3.05) is 39.4 Å². The van der Waals surface area contributed by atoms with E-state index in [0.29, 0.717) is 42.4 Å². The summed E-state index contributed by atoms with van der Waals surface area (Å²) in [5, 5.41) is 16.1. The molecule has 10 nitrogen and oxygen atoms in total. The Balaban J connectivity index is 1.02. The van der Waals surface area contributed by atoms with Crippen molar-refractivity contribution in [2.45, 2.75) is 63.6 Å². The van der Waals surface area contributed by atoms with Crippen molar-refractivity contribution in [1.29, 1.82) is 0 Å². The molecule has 40 heavy (non-hydrogen) atoms. The molecule has 212 valence electrons. The molecule has 1 aromatic carbocycles. The highest BCUT2D eigenvalue weighted by molar-refractivity contribution is 5.81. The van der Waals surface area contributed by atoms with Crippen molar-refractivity contribution in [3.05, 3.63) is 52.7 Å². The molecule has 1 saturated carbocycles. The van der Waals surface area contributed by atoms with Crippen LogP contribution in [0.15, 0.2) is 41.6 Å². The normalized spacial score (nSPS) is 22.8. The standard InChI is InChI=1S/C30H38N6O4/c37-27(23-3-4-23)34-13-8-30(39,9-14-34)20-35-21-31-26-25(28(35)38)17-32-36(26)24-5-1-22(2-6-24)18-33-12-7-29(19-33)10-15-40-16-11-29/h1-2,5-6,17,21,23,39H,3-4,7-16,18-20H2. The zero-order valence-corrected chi connectivity index (χ0v) is 23.0. The summed E-state index contributed by atoms with van der Waals surface area (Å²) >= 11 is 0. The molecule has 1 spiro atoms. The number of aromatic nitrogens is 4. The fraction of sp³-hybridized carbons (Fsp3) is 0.600. The second-order valence-electron chi connectivity index (χ2n) is 12.5. The third kappa shape index (κ3) is 4.97. The van der Waals surface area contributed by atoms with Gasteiger partial charge in [-0.25, -0.2) is 9.67 Å². The van der Waals surface area contributed by atoms with Crippen molar-refractivity contribution in [2.24, 2.45) is 11.3 Å². The first-order valence-electron chi connectivity index (χ1n) is 14.7. The number of hydrogen-bond donors (Lipinski definition) is 1. The number of piperidine rings is 1. The molecule has 3 saturated heterocycles. The first kappa shape index (κ1) is 25.9. The van der Waals surface area contributed by atoms with Gasteiger partial charge in [0.2, 0.25) is 5.91 Å². The predicted molar refractivity (Wildman–Crippen MR) is 149 cm³/mol. The van der Waals surface area contributed by atoms with Crippen LogP contribution in [0.2, 0.25) is 0 Å². The summed E-state index contributed by atoms with van der Waals surface area (Å²) < 4.78 is 8.77. The van der Waals surface area contributed by atoms with Gasteiger partial charge >= 0.3 is 0 Å². The minimum atomic E-state index is -1.04. The second-order valence-corrected chi connectivity index (χ2v) is 12.5. The van der Waals surface area contributed by atoms with Gasteiger partial charge in [0.1, 0.15) is 11.7 Å². The molecular formula is C30H38N6O4. The first-order valence-corrected chi connectivity index (χ1v) is 14.7. The Labute approximate surface area is 233 Å². The summed E-state index contributed by atoms with van der Waals surface area (Å²) in [6.45, 7) is 6.20. The van der Waals surface area contributed by atoms with Crippen molar-refractivity contribution < 1.29 is 14.6 Å². The summed E-state index contributed by atoms with van der Waals surface area (Å²) in [5.41, 5.74) is 1.81. The molecule has 10 heteroatoms. The van der Waals surface area contributed by atoms with Crippen LogP contribution in [0, 0.1) is 11.3 Å². The Morgan fingerprint density at radius 2 is 1.77 bits per heavy atom. The van der Waals surface area contributed by atoms with E-state index >= 15 is 0 Å². The number of carbonyl (C=O) groups is 1. The maximum absolute atomic E-state index is 13.3. The van der Waals surface area contributed by atoms with E-state index in [1.807, 2.05) is 17.0 Å². The zero-order chi connectivity index (χ0) is 27.3. The average molecular weight is 547 g/mol. The van der Waals surface area contributed by atoms with Crippen LogP contribution in [0.25, 0.3) is 16.7 Å². The molecule has 0 atom stereocenters. The van der Waals surface area contributed by atoms with E-state index in [9.17, 15) is 14.7 Å². The number of rotatable bonds is 6. The Bertz CT molecular complexity index is 1450. The molecule has 0 radical (unpaired) electrons. The number of nitrogens with zero attached hydrogens (tertiary/aromatic N) is 6. The molecule has 0 bridgehead atoms. The lowest BCUT2D eigenvalue weighted by molar-refractivity contribution is -0.137. The highest BCUT2D eigenvalue weighted by Crippen LogP contribution is 2.40. The van der Waals surface area contributed by atoms with Gasteiger partial charge in [0.25, 0.3) is 5.56 Å². The fourth-order valence-electron chi connectivity index (χ4n) is 6.83. The van der Waals surface area contributed by atoms with E-state index < -0.39 is 5.60 Å². The number of hydrogen-bond acceptors (Lipinski definition) is 7. The van der Waals surface area contributed by atoms with E-state index in [1.54, 1.807) is 10.9 Å². The molecule has 1 aliphatic carbocycles. The van der Waals surface area contributed by atoms with Crippen LogP contribution in [-0.4, -0.2) is 85.1 Å². The molecule has 4 aliphatic rings. The maximum atomic E-state index is 13.3. The molecule has 1 N–H and O–H groups in total. The SMILES string of the molecule is O=C(C1CC1)N1CCC(O)(Cn2cnc3c(cnn3-c3ccc(CN4CCC5(CCOCC5)C4)cc3)c2=O)CC1. The summed E-state index contributed by atoms with van der Waals surface area (Å²) in [6.07, 6.45) is 9.54. The van der Waals surface area contributed by atoms with E-state index in [0.717, 1.165) is 51.4 Å². The van der Waals surface area contributed by atoms with E-state index in [2.05, 4.69) is 27.1 Å². The van der Waals surface area contributed by atoms with Crippen LogP contribution < -0.4 is 5.56 Å². The molecule has 1 amide bonds. The number of benzene rings is 1. The second kappa shape index (κ2) is 10.1. The molecule has 4 fully saturated rings. The van der Waals surface area contributed by atoms with Gasteiger partial charge in [-0.3, -0.25) is 19.1 Å². The number of fused-ring (bicyclic) bond motifs is 1. The number of carbonyl (C=O) groups excluding carboxylic acids is 1. The quantitative estimate of drug-likeness (QED) is 0.506. The van der Waals surface area contributed by atoms with Crippen molar-refractivity contribution in [1.82, 2.24) is 29.1 Å². The van der Waals surface area contributed by atoms with Crippen LogP contribution in [0.4, 0.5) is 0 Å². The highest BCUT2D eigenvalue weighted by atomic mass is 16.5. The molecule has 5 heterocycles. The number of amides is 1. The average Bonchev–Trinajstić information content (AvgIpc) is 3.62. The van der Waals surface area contributed by atoms with E-state index in [1.165, 1.54) is 35.7 Å². The minimum Gasteiger partial charge on any atom is -0.388 e. The van der Waals surface area contributed by atoms with Gasteiger partial charge in [-0.2, -0.15) is 5.10 Å².